The minimum absolute atomic E-state index is 0.0152. The van der Waals surface area contributed by atoms with Crippen molar-refractivity contribution in [3.05, 3.63) is 121 Å². The smallest absolute Gasteiger partial charge is 0.460 e. The zero-order valence-electron chi connectivity index (χ0n) is 30.0. The summed E-state index contributed by atoms with van der Waals surface area (Å²) in [6, 6.07) is 42.8. The number of carbonyl (C=O) groups excluding carboxylic acids is 1. The van der Waals surface area contributed by atoms with E-state index < -0.39 is 54.7 Å². The third-order valence-electron chi connectivity index (χ3n) is 10.6. The number of benzene rings is 4. The standard InChI is InChI=1S/C24H20N.C10H16O4S.C4HF9O3S/c1-5-13-21(14-6-1)25(22-15-7-2-8-16-22,23-17-9-3-10-18-23)24-19-11-4-12-20-24;1-9(2)7-3-4-10(9,8(11)5-7)6-15(12,13)14;5-1(6,3(9,10)11)2(7,8)4(12,13)17(14,15)16/h1-20H;7H,3-6H2,1-2H3,(H,12,13,14);(H,14,15,16)/q+1;;/p-1. The second kappa shape index (κ2) is 15.8. The number of fused-ring (bicyclic) bond motifs is 2. The second-order valence-corrected chi connectivity index (χ2v) is 16.9. The SMILES string of the molecule is CC1(C)C2CCC1(CS(=O)(=O)O)C(=O)C2.O=S(=O)([O-])C(F)(F)C(F)(F)C(F)(F)C(F)(F)F.c1ccc([N+](c2ccccc2)(c2ccccc2)c2ccccc2)cc1. The topological polar surface area (TPSA) is 129 Å². The first-order chi connectivity index (χ1) is 26.1. The Balaban J connectivity index is 0.000000199. The molecule has 4 aromatic rings. The molecule has 2 unspecified atom stereocenters. The van der Waals surface area contributed by atoms with Crippen molar-refractivity contribution in [3.8, 4) is 0 Å². The maximum atomic E-state index is 12.2. The molecule has 19 heteroatoms. The lowest BCUT2D eigenvalue weighted by Crippen LogP contribution is -2.63. The van der Waals surface area contributed by atoms with Gasteiger partial charge in [-0.05, 0) is 24.2 Å². The van der Waals surface area contributed by atoms with E-state index in [9.17, 15) is 65.7 Å². The summed E-state index contributed by atoms with van der Waals surface area (Å²) < 4.78 is 167. The Bertz CT molecular complexity index is 2060. The molecule has 6 rings (SSSR count). The number of halogens is 9. The molecular formula is C38H36F9NO7S2. The molecule has 8 nitrogen and oxygen atoms in total. The first-order valence-electron chi connectivity index (χ1n) is 16.9. The van der Waals surface area contributed by atoms with Crippen molar-refractivity contribution in [2.45, 2.75) is 56.4 Å². The van der Waals surface area contributed by atoms with E-state index in [0.29, 0.717) is 17.3 Å². The number of para-hydroxylation sites is 4. The van der Waals surface area contributed by atoms with E-state index in [1.807, 2.05) is 13.8 Å². The number of quaternary nitrogens is 1. The fraction of sp³-hybridized carbons (Fsp3) is 0.342. The lowest BCUT2D eigenvalue weighted by Gasteiger charge is -2.37. The van der Waals surface area contributed by atoms with Crippen LogP contribution in [0.2, 0.25) is 0 Å². The van der Waals surface area contributed by atoms with Gasteiger partial charge in [0.05, 0.1) is 11.2 Å². The van der Waals surface area contributed by atoms with E-state index in [1.54, 1.807) is 0 Å². The molecule has 0 spiro atoms. The van der Waals surface area contributed by atoms with Crippen LogP contribution in [0.5, 0.6) is 0 Å². The van der Waals surface area contributed by atoms with Crippen molar-refractivity contribution in [1.82, 2.24) is 4.48 Å². The molecule has 2 aliphatic rings. The number of ketones is 1. The molecule has 2 saturated carbocycles. The summed E-state index contributed by atoms with van der Waals surface area (Å²) in [7, 11) is -11.5. The highest BCUT2D eigenvalue weighted by Gasteiger charge is 2.83. The molecule has 2 atom stereocenters. The first-order valence-corrected chi connectivity index (χ1v) is 19.9. The summed E-state index contributed by atoms with van der Waals surface area (Å²) in [5.41, 5.74) is 3.74. The molecule has 310 valence electrons. The van der Waals surface area contributed by atoms with Crippen molar-refractivity contribution >= 4 is 48.8 Å². The van der Waals surface area contributed by atoms with Crippen molar-refractivity contribution in [1.29, 1.82) is 0 Å². The molecule has 0 heterocycles. The van der Waals surface area contributed by atoms with Gasteiger partial charge in [0, 0.05) is 55.0 Å². The van der Waals surface area contributed by atoms with Crippen LogP contribution in [0.15, 0.2) is 121 Å². The number of hydrogen-bond acceptors (Lipinski definition) is 6. The van der Waals surface area contributed by atoms with Gasteiger partial charge in [-0.2, -0.15) is 52.4 Å². The molecule has 2 fully saturated rings. The molecule has 2 bridgehead atoms. The first kappa shape index (κ1) is 45.4. The van der Waals surface area contributed by atoms with E-state index in [4.69, 9.17) is 4.55 Å². The van der Waals surface area contributed by atoms with E-state index in [1.165, 1.54) is 22.7 Å². The van der Waals surface area contributed by atoms with E-state index in [0.717, 1.165) is 6.42 Å². The highest BCUT2D eigenvalue weighted by atomic mass is 32.2. The largest absolute Gasteiger partial charge is 0.743 e. The second-order valence-electron chi connectivity index (χ2n) is 14.0. The van der Waals surface area contributed by atoms with Crippen LogP contribution in [0.25, 0.3) is 0 Å². The van der Waals surface area contributed by atoms with Crippen LogP contribution < -0.4 is 4.48 Å². The van der Waals surface area contributed by atoms with Gasteiger partial charge in [0.25, 0.3) is 10.1 Å². The summed E-state index contributed by atoms with van der Waals surface area (Å²) in [5.74, 6) is -14.9. The molecule has 0 radical (unpaired) electrons. The van der Waals surface area contributed by atoms with Crippen LogP contribution in [0.4, 0.5) is 62.3 Å². The summed E-state index contributed by atoms with van der Waals surface area (Å²) in [5, 5.41) is -7.11. The van der Waals surface area contributed by atoms with Crippen molar-refractivity contribution in [2.24, 2.45) is 16.7 Å². The number of hydrogen-bond donors (Lipinski definition) is 1. The Morgan fingerprint density at radius 1 is 0.649 bits per heavy atom. The maximum Gasteiger partial charge on any atom is 0.460 e. The summed E-state index contributed by atoms with van der Waals surface area (Å²) in [6.45, 7) is 3.89. The van der Waals surface area contributed by atoms with Gasteiger partial charge in [-0.1, -0.05) is 86.6 Å². The number of nitrogens with zero attached hydrogens (tertiary/aromatic N) is 1. The summed E-state index contributed by atoms with van der Waals surface area (Å²) in [6.07, 6.45) is -5.19. The predicted octanol–water partition coefficient (Wildman–Crippen LogP) is 10.2. The van der Waals surface area contributed by atoms with Gasteiger partial charge < -0.3 is 4.55 Å². The highest BCUT2D eigenvalue weighted by molar-refractivity contribution is 7.86. The average Bonchev–Trinajstić information content (AvgIpc) is 3.47. The van der Waals surface area contributed by atoms with Gasteiger partial charge in [-0.3, -0.25) is 9.35 Å². The van der Waals surface area contributed by atoms with Gasteiger partial charge in [-0.15, -0.1) is 0 Å². The molecule has 0 amide bonds. The van der Waals surface area contributed by atoms with Crippen LogP contribution in [0.1, 0.15) is 33.1 Å². The predicted molar refractivity (Wildman–Crippen MR) is 192 cm³/mol. The highest BCUT2D eigenvalue weighted by Crippen LogP contribution is 2.64. The average molecular weight is 854 g/mol. The van der Waals surface area contributed by atoms with Crippen LogP contribution in [0.3, 0.4) is 0 Å². The summed E-state index contributed by atoms with van der Waals surface area (Å²) >= 11 is 0. The van der Waals surface area contributed by atoms with Gasteiger partial charge >= 0.3 is 23.3 Å². The Hall–Kier alpha value is -4.30. The Kier molecular flexibility index (Phi) is 12.6. The minimum Gasteiger partial charge on any atom is -0.743 e. The number of alkyl halides is 9. The van der Waals surface area contributed by atoms with Crippen LogP contribution in [-0.4, -0.2) is 60.8 Å². The van der Waals surface area contributed by atoms with E-state index in [2.05, 4.69) is 121 Å². The third-order valence-corrected chi connectivity index (χ3v) is 12.3. The summed E-state index contributed by atoms with van der Waals surface area (Å²) in [4.78, 5) is 11.9. The van der Waals surface area contributed by atoms with Gasteiger partial charge in [0.15, 0.2) is 10.1 Å². The molecule has 0 aliphatic heterocycles. The lowest BCUT2D eigenvalue weighted by molar-refractivity contribution is -0.382. The molecule has 1 N–H and O–H groups in total. The Labute approximate surface area is 323 Å². The molecule has 57 heavy (non-hydrogen) atoms. The number of carbonyl (C=O) groups is 1. The molecular weight excluding hydrogens is 818 g/mol. The van der Waals surface area contributed by atoms with Crippen LogP contribution in [0, 0.1) is 16.7 Å². The van der Waals surface area contributed by atoms with Crippen molar-refractivity contribution < 1.29 is 70.2 Å². The third kappa shape index (κ3) is 8.21. The fourth-order valence-corrected chi connectivity index (χ4v) is 9.18. The molecule has 4 aromatic carbocycles. The normalized spacial score (nSPS) is 19.9. The Morgan fingerprint density at radius 2 is 0.982 bits per heavy atom. The van der Waals surface area contributed by atoms with Gasteiger partial charge in [0.2, 0.25) is 0 Å². The number of Topliss-reactive ketones (excluding diaryl/α,β-unsaturated/α-hetero) is 1. The lowest BCUT2D eigenvalue weighted by atomic mass is 9.70. The van der Waals surface area contributed by atoms with Gasteiger partial charge in [-0.25, -0.2) is 8.42 Å². The van der Waals surface area contributed by atoms with E-state index in [-0.39, 0.29) is 17.1 Å². The zero-order chi connectivity index (χ0) is 42.9. The minimum atomic E-state index is -7.43. The van der Waals surface area contributed by atoms with E-state index >= 15 is 0 Å². The van der Waals surface area contributed by atoms with Crippen molar-refractivity contribution in [3.63, 3.8) is 0 Å². The maximum absolute atomic E-state index is 12.2. The van der Waals surface area contributed by atoms with Crippen LogP contribution in [-0.2, 0) is 25.0 Å². The molecule has 0 saturated heterocycles. The van der Waals surface area contributed by atoms with Gasteiger partial charge in [0.1, 0.15) is 28.5 Å². The molecule has 0 aromatic heterocycles. The van der Waals surface area contributed by atoms with Crippen molar-refractivity contribution in [2.75, 3.05) is 5.75 Å². The van der Waals surface area contributed by atoms with Crippen LogP contribution >= 0.6 is 0 Å². The molecule has 2 aliphatic carbocycles. The fourth-order valence-electron chi connectivity index (χ4n) is 7.44. The quantitative estimate of drug-likeness (QED) is 0.101. The monoisotopic (exact) mass is 853 g/mol. The Morgan fingerprint density at radius 3 is 1.21 bits per heavy atom. The zero-order valence-corrected chi connectivity index (χ0v) is 31.6. The number of rotatable bonds is 9.